The molecule has 1 atom stereocenters. The number of halogens is 1. The van der Waals surface area contributed by atoms with E-state index in [-0.39, 0.29) is 0 Å². The number of carbonyl (C=O) groups is 1. The number of nitrogens with zero attached hydrogens (tertiary/aromatic N) is 1. The fourth-order valence-electron chi connectivity index (χ4n) is 1.33. The molecule has 3 nitrogen and oxygen atoms in total. The van der Waals surface area contributed by atoms with E-state index in [0.717, 1.165) is 0 Å². The van der Waals surface area contributed by atoms with E-state index in [2.05, 4.69) is 4.36 Å². The van der Waals surface area contributed by atoms with Crippen molar-refractivity contribution in [2.24, 2.45) is 4.36 Å². The highest BCUT2D eigenvalue weighted by Crippen LogP contribution is 2.19. The molecule has 1 heterocycles. The van der Waals surface area contributed by atoms with Gasteiger partial charge in [0.2, 0.25) is 0 Å². The van der Waals surface area contributed by atoms with Crippen LogP contribution in [0, 0.1) is 0 Å². The molecule has 0 aliphatic heterocycles. The first-order valence-electron chi connectivity index (χ1n) is 5.04. The second-order valence-electron chi connectivity index (χ2n) is 3.64. The Kier molecular flexibility index (Phi) is 3.85. The maximum absolute atomic E-state index is 12.3. The van der Waals surface area contributed by atoms with E-state index in [0.29, 0.717) is 14.8 Å². The zero-order valence-electron chi connectivity index (χ0n) is 9.50. The van der Waals surface area contributed by atoms with Crippen molar-refractivity contribution in [3.63, 3.8) is 0 Å². The topological polar surface area (TPSA) is 46.5 Å². The predicted octanol–water partition coefficient (Wildman–Crippen LogP) is 3.70. The van der Waals surface area contributed by atoms with E-state index in [9.17, 15) is 9.00 Å². The first-order chi connectivity index (χ1) is 8.49. The molecule has 2 aromatic rings. The third-order valence-corrected chi connectivity index (χ3v) is 5.74. The molecule has 0 unspecified atom stereocenters. The average Bonchev–Trinajstić information content (AvgIpc) is 2.83. The molecular formula is C12H10ClNO2S2. The zero-order valence-corrected chi connectivity index (χ0v) is 11.9. The molecule has 94 valence electrons. The van der Waals surface area contributed by atoms with Crippen molar-refractivity contribution in [2.45, 2.75) is 4.21 Å². The second-order valence-corrected chi connectivity index (χ2v) is 7.51. The Morgan fingerprint density at radius 2 is 1.94 bits per heavy atom. The van der Waals surface area contributed by atoms with E-state index < -0.39 is 15.6 Å². The van der Waals surface area contributed by atoms with E-state index in [1.54, 1.807) is 41.8 Å². The van der Waals surface area contributed by atoms with Gasteiger partial charge in [0.05, 0.1) is 13.9 Å². The number of amides is 1. The first-order valence-corrected chi connectivity index (χ1v) is 8.23. The molecular weight excluding hydrogens is 290 g/mol. The number of carbonyl (C=O) groups excluding carboxylic acids is 1. The van der Waals surface area contributed by atoms with Gasteiger partial charge in [0.25, 0.3) is 5.91 Å². The van der Waals surface area contributed by atoms with Gasteiger partial charge in [0.1, 0.15) is 0 Å². The average molecular weight is 300 g/mol. The van der Waals surface area contributed by atoms with Crippen molar-refractivity contribution >= 4 is 38.6 Å². The van der Waals surface area contributed by atoms with Crippen LogP contribution in [0.4, 0.5) is 0 Å². The largest absolute Gasteiger partial charge is 0.285 e. The molecule has 1 amide bonds. The van der Waals surface area contributed by atoms with Gasteiger partial charge in [0, 0.05) is 16.8 Å². The molecule has 0 N–H and O–H groups in total. The predicted molar refractivity (Wildman–Crippen MR) is 74.9 cm³/mol. The summed E-state index contributed by atoms with van der Waals surface area (Å²) >= 11 is 7.06. The van der Waals surface area contributed by atoms with Crippen LogP contribution in [-0.4, -0.2) is 16.4 Å². The summed E-state index contributed by atoms with van der Waals surface area (Å²) in [7, 11) is -2.66. The van der Waals surface area contributed by atoms with Crippen LogP contribution in [-0.2, 0) is 9.73 Å². The van der Waals surface area contributed by atoms with Gasteiger partial charge in [0.15, 0.2) is 0 Å². The monoisotopic (exact) mass is 299 g/mol. The maximum atomic E-state index is 12.3. The smallest absolute Gasteiger partial charge is 0.266 e. The van der Waals surface area contributed by atoms with E-state index in [4.69, 9.17) is 11.6 Å². The summed E-state index contributed by atoms with van der Waals surface area (Å²) in [5, 5.41) is 2.35. The van der Waals surface area contributed by atoms with Crippen molar-refractivity contribution < 1.29 is 9.00 Å². The van der Waals surface area contributed by atoms with Crippen molar-refractivity contribution in [1.29, 1.82) is 0 Å². The lowest BCUT2D eigenvalue weighted by Crippen LogP contribution is -2.02. The number of hydrogen-bond donors (Lipinski definition) is 0. The molecule has 0 radical (unpaired) electrons. The lowest BCUT2D eigenvalue weighted by molar-refractivity contribution is 0.100. The molecule has 2 rings (SSSR count). The Labute approximate surface area is 115 Å². The van der Waals surface area contributed by atoms with Gasteiger partial charge in [-0.3, -0.25) is 4.79 Å². The van der Waals surface area contributed by atoms with Crippen LogP contribution in [0.25, 0.3) is 0 Å². The Hall–Kier alpha value is -1.17. The summed E-state index contributed by atoms with van der Waals surface area (Å²) in [5.41, 5.74) is 0.380. The summed E-state index contributed by atoms with van der Waals surface area (Å²) in [6.45, 7) is 0. The van der Waals surface area contributed by atoms with Crippen molar-refractivity contribution in [3.8, 4) is 0 Å². The van der Waals surface area contributed by atoms with Gasteiger partial charge in [-0.05, 0) is 35.7 Å². The molecule has 0 saturated heterocycles. The summed E-state index contributed by atoms with van der Waals surface area (Å²) < 4.78 is 16.7. The van der Waals surface area contributed by atoms with Crippen molar-refractivity contribution in [2.75, 3.05) is 6.26 Å². The fourth-order valence-corrected chi connectivity index (χ4v) is 3.74. The van der Waals surface area contributed by atoms with Gasteiger partial charge < -0.3 is 0 Å². The van der Waals surface area contributed by atoms with Gasteiger partial charge >= 0.3 is 0 Å². The Morgan fingerprint density at radius 3 is 2.50 bits per heavy atom. The third kappa shape index (κ3) is 2.98. The SMILES string of the molecule is C[S@@](=O)(=NC(=O)c1ccc(Cl)cc1)c1cccs1. The molecule has 0 saturated carbocycles. The number of rotatable bonds is 2. The highest BCUT2D eigenvalue weighted by atomic mass is 35.5. The number of hydrogen-bond acceptors (Lipinski definition) is 3. The van der Waals surface area contributed by atoms with Crippen LogP contribution < -0.4 is 0 Å². The summed E-state index contributed by atoms with van der Waals surface area (Å²) in [6.07, 6.45) is 1.46. The fraction of sp³-hybridized carbons (Fsp3) is 0.0833. The maximum Gasteiger partial charge on any atom is 0.285 e. The molecule has 0 fully saturated rings. The molecule has 18 heavy (non-hydrogen) atoms. The quantitative estimate of drug-likeness (QED) is 0.849. The van der Waals surface area contributed by atoms with Crippen LogP contribution in [0.5, 0.6) is 0 Å². The van der Waals surface area contributed by atoms with E-state index >= 15 is 0 Å². The highest BCUT2D eigenvalue weighted by molar-refractivity contribution is 7.95. The lowest BCUT2D eigenvalue weighted by Gasteiger charge is -2.00. The van der Waals surface area contributed by atoms with Crippen LogP contribution in [0.1, 0.15) is 10.4 Å². The second kappa shape index (κ2) is 5.22. The summed E-state index contributed by atoms with van der Waals surface area (Å²) in [6, 6.07) is 9.84. The molecule has 0 aliphatic rings. The Morgan fingerprint density at radius 1 is 1.28 bits per heavy atom. The zero-order chi connectivity index (χ0) is 13.2. The molecule has 1 aromatic carbocycles. The molecule has 1 aromatic heterocycles. The van der Waals surface area contributed by atoms with Gasteiger partial charge in [-0.1, -0.05) is 17.7 Å². The minimum absolute atomic E-state index is 0.380. The van der Waals surface area contributed by atoms with Crippen LogP contribution in [0.3, 0.4) is 0 Å². The Bertz CT molecular complexity index is 669. The molecule has 0 aliphatic carbocycles. The molecule has 0 spiro atoms. The minimum Gasteiger partial charge on any atom is -0.266 e. The summed E-state index contributed by atoms with van der Waals surface area (Å²) in [4.78, 5) is 11.9. The molecule has 6 heteroatoms. The van der Waals surface area contributed by atoms with E-state index in [1.807, 2.05) is 0 Å². The van der Waals surface area contributed by atoms with Crippen LogP contribution >= 0.6 is 22.9 Å². The highest BCUT2D eigenvalue weighted by Gasteiger charge is 2.11. The molecule has 0 bridgehead atoms. The van der Waals surface area contributed by atoms with E-state index in [1.165, 1.54) is 17.6 Å². The summed E-state index contributed by atoms with van der Waals surface area (Å²) in [5.74, 6) is -0.493. The van der Waals surface area contributed by atoms with Gasteiger partial charge in [-0.15, -0.1) is 11.3 Å². The van der Waals surface area contributed by atoms with Gasteiger partial charge in [-0.25, -0.2) is 4.21 Å². The Balaban J connectivity index is 2.36. The first kappa shape index (κ1) is 13.3. The van der Waals surface area contributed by atoms with Crippen molar-refractivity contribution in [3.05, 3.63) is 52.4 Å². The lowest BCUT2D eigenvalue weighted by atomic mass is 10.2. The standard InChI is InChI=1S/C12H10ClNO2S2/c1-18(16,11-3-2-8-17-11)14-12(15)9-4-6-10(13)7-5-9/h2-8H,1H3/t18-/m0/s1. The van der Waals surface area contributed by atoms with Crippen LogP contribution in [0.15, 0.2) is 50.4 Å². The normalized spacial score (nSPS) is 13.9. The number of thiophene rings is 1. The van der Waals surface area contributed by atoms with Crippen molar-refractivity contribution in [1.82, 2.24) is 0 Å². The minimum atomic E-state index is -2.66. The number of benzene rings is 1. The van der Waals surface area contributed by atoms with Gasteiger partial charge in [-0.2, -0.15) is 4.36 Å². The van der Waals surface area contributed by atoms with Crippen LogP contribution in [0.2, 0.25) is 5.02 Å². The third-order valence-electron chi connectivity index (χ3n) is 2.22.